The lowest BCUT2D eigenvalue weighted by Gasteiger charge is -2.37. The van der Waals surface area contributed by atoms with Gasteiger partial charge in [0.2, 0.25) is 0 Å². The Bertz CT molecular complexity index is 1980. The average molecular weight is 691 g/mol. The molecule has 6 rings (SSSR count). The van der Waals surface area contributed by atoms with E-state index in [0.29, 0.717) is 42.6 Å². The van der Waals surface area contributed by atoms with Crippen molar-refractivity contribution in [1.29, 1.82) is 5.26 Å². The molecule has 1 N–H and O–H groups in total. The number of ether oxygens (including phenoxy) is 1. The van der Waals surface area contributed by atoms with E-state index < -0.39 is 23.2 Å². The Morgan fingerprint density at radius 3 is 2.30 bits per heavy atom. The Labute approximate surface area is 287 Å². The first kappa shape index (κ1) is 34.7. The van der Waals surface area contributed by atoms with E-state index in [1.807, 2.05) is 0 Å². The number of carbonyl (C=O) groups excluding carboxylic acids is 2. The summed E-state index contributed by atoms with van der Waals surface area (Å²) >= 11 is 0. The minimum atomic E-state index is -4.65. The molecule has 4 aromatic rings. The van der Waals surface area contributed by atoms with Gasteiger partial charge in [-0.2, -0.15) is 23.5 Å². The summed E-state index contributed by atoms with van der Waals surface area (Å²) < 4.78 is 51.7. The topological polar surface area (TPSA) is 124 Å². The summed E-state index contributed by atoms with van der Waals surface area (Å²) in [6.07, 6.45) is 0.408. The van der Waals surface area contributed by atoms with Gasteiger partial charge in [-0.1, -0.05) is 6.07 Å². The fraction of sp³-hybridized carbons (Fsp3) is 0.417. The largest absolute Gasteiger partial charge is 0.462 e. The minimum Gasteiger partial charge on any atom is -0.462 e. The van der Waals surface area contributed by atoms with Crippen LogP contribution in [-0.4, -0.2) is 74.8 Å². The number of piperidine rings is 1. The maximum Gasteiger partial charge on any atom is 0.416 e. The van der Waals surface area contributed by atoms with Crippen LogP contribution >= 0.6 is 0 Å². The number of aromatic nitrogens is 4. The van der Waals surface area contributed by atoms with Crippen LogP contribution in [-0.2, 0) is 22.8 Å². The number of likely N-dealkylation sites (tertiary alicyclic amines) is 1. The Morgan fingerprint density at radius 2 is 1.66 bits per heavy atom. The second-order valence-corrected chi connectivity index (χ2v) is 13.7. The molecule has 2 fully saturated rings. The maximum atomic E-state index is 14.1. The van der Waals surface area contributed by atoms with E-state index in [1.165, 1.54) is 34.7 Å². The molecular weight excluding hydrogens is 651 g/mol. The minimum absolute atomic E-state index is 0.0726. The molecule has 0 bridgehead atoms. The zero-order valence-corrected chi connectivity index (χ0v) is 28.1. The van der Waals surface area contributed by atoms with E-state index in [1.54, 1.807) is 30.3 Å². The Morgan fingerprint density at radius 1 is 0.980 bits per heavy atom. The van der Waals surface area contributed by atoms with Gasteiger partial charge in [0.25, 0.3) is 11.5 Å². The number of halogens is 3. The number of benzene rings is 2. The molecule has 3 heterocycles. The molecule has 1 aliphatic carbocycles. The molecule has 50 heavy (non-hydrogen) atoms. The highest BCUT2D eigenvalue weighted by Crippen LogP contribution is 2.32. The molecule has 1 aliphatic heterocycles. The SMILES string of the molecule is Cn1c(-c2ccnn2-c2ccc(C#N)cc2)c(C(=O)NC2CCC(C(=O)OC3CC[N+](C)(C)CC3)CC2)c(=O)n1-c1cccc(C(F)(F)F)c1. The number of carbonyl (C=O) groups is 2. The van der Waals surface area contributed by atoms with Crippen LogP contribution in [0, 0.1) is 17.2 Å². The van der Waals surface area contributed by atoms with Crippen LogP contribution in [0.5, 0.6) is 0 Å². The van der Waals surface area contributed by atoms with Gasteiger partial charge in [0, 0.05) is 25.9 Å². The summed E-state index contributed by atoms with van der Waals surface area (Å²) in [7, 11) is 5.82. The van der Waals surface area contributed by atoms with Crippen LogP contribution in [0.3, 0.4) is 0 Å². The normalized spacial score (nSPS) is 19.5. The number of nitriles is 1. The predicted octanol–water partition coefficient (Wildman–Crippen LogP) is 4.99. The lowest BCUT2D eigenvalue weighted by Crippen LogP contribution is -2.48. The van der Waals surface area contributed by atoms with Gasteiger partial charge in [-0.05, 0) is 74.2 Å². The van der Waals surface area contributed by atoms with E-state index in [0.717, 1.165) is 47.2 Å². The van der Waals surface area contributed by atoms with Gasteiger partial charge in [0.05, 0.1) is 73.6 Å². The molecule has 1 amide bonds. The Balaban J connectivity index is 1.28. The highest BCUT2D eigenvalue weighted by molar-refractivity contribution is 6.00. The van der Waals surface area contributed by atoms with Gasteiger partial charge in [0.15, 0.2) is 0 Å². The van der Waals surface area contributed by atoms with E-state index in [4.69, 9.17) is 4.74 Å². The molecule has 262 valence electrons. The molecule has 0 atom stereocenters. The summed E-state index contributed by atoms with van der Waals surface area (Å²) in [5, 5.41) is 16.6. The zero-order chi connectivity index (χ0) is 35.8. The first-order chi connectivity index (χ1) is 23.8. The van der Waals surface area contributed by atoms with E-state index in [2.05, 4.69) is 30.6 Å². The maximum absolute atomic E-state index is 14.1. The highest BCUT2D eigenvalue weighted by atomic mass is 19.4. The van der Waals surface area contributed by atoms with Crippen molar-refractivity contribution in [2.45, 2.75) is 56.8 Å². The summed E-state index contributed by atoms with van der Waals surface area (Å²) in [6.45, 7) is 1.89. The second-order valence-electron chi connectivity index (χ2n) is 13.7. The summed E-state index contributed by atoms with van der Waals surface area (Å²) in [5.74, 6) is -1.18. The van der Waals surface area contributed by atoms with Crippen LogP contribution in [0.2, 0.25) is 0 Å². The van der Waals surface area contributed by atoms with Gasteiger partial charge in [-0.25, -0.2) is 9.36 Å². The van der Waals surface area contributed by atoms with Crippen molar-refractivity contribution >= 4 is 11.9 Å². The molecule has 0 unspecified atom stereocenters. The average Bonchev–Trinajstić information content (AvgIpc) is 3.67. The van der Waals surface area contributed by atoms with E-state index in [-0.39, 0.29) is 41.0 Å². The number of hydrogen-bond donors (Lipinski definition) is 1. The number of amides is 1. The van der Waals surface area contributed by atoms with Crippen molar-refractivity contribution in [3.05, 3.63) is 87.8 Å². The van der Waals surface area contributed by atoms with E-state index in [9.17, 15) is 32.8 Å². The summed E-state index contributed by atoms with van der Waals surface area (Å²) in [4.78, 5) is 41.2. The highest BCUT2D eigenvalue weighted by Gasteiger charge is 2.35. The van der Waals surface area contributed by atoms with Crippen molar-refractivity contribution in [1.82, 2.24) is 24.5 Å². The van der Waals surface area contributed by atoms with Gasteiger partial charge in [-0.3, -0.25) is 19.1 Å². The van der Waals surface area contributed by atoms with Crippen LogP contribution in [0.4, 0.5) is 13.2 Å². The molecule has 14 heteroatoms. The second kappa shape index (κ2) is 13.6. The fourth-order valence-corrected chi connectivity index (χ4v) is 6.93. The molecule has 11 nitrogen and oxygen atoms in total. The number of hydrogen-bond acceptors (Lipinski definition) is 6. The first-order valence-corrected chi connectivity index (χ1v) is 16.6. The number of nitrogens with one attached hydrogen (secondary N) is 1. The third kappa shape index (κ3) is 7.09. The van der Waals surface area contributed by atoms with Crippen LogP contribution in [0.15, 0.2) is 65.6 Å². The molecule has 1 saturated carbocycles. The Kier molecular flexibility index (Phi) is 9.46. The molecular formula is C36H39F3N7O4+. The lowest BCUT2D eigenvalue weighted by molar-refractivity contribution is -0.896. The van der Waals surface area contributed by atoms with Crippen molar-refractivity contribution in [2.75, 3.05) is 27.2 Å². The smallest absolute Gasteiger partial charge is 0.416 e. The molecule has 1 saturated heterocycles. The molecule has 0 radical (unpaired) electrons. The van der Waals surface area contributed by atoms with Crippen molar-refractivity contribution in [3.63, 3.8) is 0 Å². The zero-order valence-electron chi connectivity index (χ0n) is 28.1. The number of esters is 1. The van der Waals surface area contributed by atoms with Crippen molar-refractivity contribution in [3.8, 4) is 28.8 Å². The predicted molar refractivity (Wildman–Crippen MR) is 177 cm³/mol. The Hall–Kier alpha value is -5.16. The monoisotopic (exact) mass is 690 g/mol. The molecule has 2 aromatic carbocycles. The van der Waals surface area contributed by atoms with Crippen LogP contribution < -0.4 is 10.9 Å². The van der Waals surface area contributed by atoms with Gasteiger partial charge in [0.1, 0.15) is 17.4 Å². The van der Waals surface area contributed by atoms with Gasteiger partial charge < -0.3 is 14.5 Å². The molecule has 0 spiro atoms. The van der Waals surface area contributed by atoms with Gasteiger partial charge >= 0.3 is 12.1 Å². The standard InChI is InChI=1S/C36H38F3N7O4/c1-43-32(30-15-18-41-44(30)27-13-7-23(22-40)8-14-27)31(34(48)45(43)28-6-4-5-25(21-28)36(37,38)39)33(47)42-26-11-9-24(10-12-26)35(49)50-29-16-19-46(2,3)20-17-29/h4-8,13-15,18,21,24,26,29H,9-12,16-17,19-20H2,1-3H3/p+1. The summed E-state index contributed by atoms with van der Waals surface area (Å²) in [6, 6.07) is 14.2. The van der Waals surface area contributed by atoms with E-state index >= 15 is 0 Å². The number of nitrogens with zero attached hydrogens (tertiary/aromatic N) is 6. The van der Waals surface area contributed by atoms with Crippen LogP contribution in [0.1, 0.15) is 60.0 Å². The number of alkyl halides is 3. The third-order valence-corrected chi connectivity index (χ3v) is 9.83. The lowest BCUT2D eigenvalue weighted by atomic mass is 9.86. The third-order valence-electron chi connectivity index (χ3n) is 9.83. The van der Waals surface area contributed by atoms with Crippen molar-refractivity contribution in [2.24, 2.45) is 13.0 Å². The fourth-order valence-electron chi connectivity index (χ4n) is 6.93. The quantitative estimate of drug-likeness (QED) is 0.215. The van der Waals surface area contributed by atoms with Crippen LogP contribution in [0.25, 0.3) is 22.8 Å². The first-order valence-electron chi connectivity index (χ1n) is 16.6. The number of rotatable bonds is 7. The van der Waals surface area contributed by atoms with Crippen molar-refractivity contribution < 1.29 is 32.0 Å². The molecule has 2 aliphatic rings. The van der Waals surface area contributed by atoms with Gasteiger partial charge in [-0.15, -0.1) is 0 Å². The summed E-state index contributed by atoms with van der Waals surface area (Å²) in [5.41, 5.74) is -0.655. The molecule has 2 aromatic heterocycles. The number of quaternary nitrogens is 1.